The normalized spacial score (nSPS) is 11.4. The minimum Gasteiger partial charge on any atom is -0.476 e. The first kappa shape index (κ1) is 27.4. The standard InChI is InChI=1S/C27H21FN4O8S/c1-16-24(27(34)35)31-32(19-6-2-5-17(28)13-19)26(16)40-21-10-9-18(30-25(33)22-8-4-12-39-22)14-23(21)41(36,37)29-15-20-7-3-11-38-20/h2-14,29H,15H2,1H3,(H,30,33)(H,34,35). The van der Waals surface area contributed by atoms with E-state index in [4.69, 9.17) is 13.6 Å². The highest BCUT2D eigenvalue weighted by Crippen LogP contribution is 2.35. The molecule has 5 rings (SSSR count). The number of hydrogen-bond donors (Lipinski definition) is 3. The van der Waals surface area contributed by atoms with Crippen molar-refractivity contribution in [3.63, 3.8) is 0 Å². The molecule has 0 aliphatic carbocycles. The summed E-state index contributed by atoms with van der Waals surface area (Å²) in [7, 11) is -4.32. The van der Waals surface area contributed by atoms with Gasteiger partial charge in [0.05, 0.1) is 24.8 Å². The number of rotatable bonds is 10. The third-order valence-electron chi connectivity index (χ3n) is 5.78. The lowest BCUT2D eigenvalue weighted by Gasteiger charge is -2.15. The Hall–Kier alpha value is -5.21. The van der Waals surface area contributed by atoms with Gasteiger partial charge in [-0.3, -0.25) is 4.79 Å². The fraction of sp³-hybridized carbons (Fsp3) is 0.0741. The zero-order chi connectivity index (χ0) is 29.1. The summed E-state index contributed by atoms with van der Waals surface area (Å²) in [5, 5.41) is 16.2. The molecule has 12 nitrogen and oxygen atoms in total. The van der Waals surface area contributed by atoms with E-state index < -0.39 is 32.6 Å². The van der Waals surface area contributed by atoms with Crippen LogP contribution >= 0.6 is 0 Å². The van der Waals surface area contributed by atoms with Gasteiger partial charge in [-0.05, 0) is 67.6 Å². The number of sulfonamides is 1. The van der Waals surface area contributed by atoms with Crippen molar-refractivity contribution in [2.45, 2.75) is 18.4 Å². The first-order valence-electron chi connectivity index (χ1n) is 11.9. The van der Waals surface area contributed by atoms with Crippen LogP contribution in [0.15, 0.2) is 93.0 Å². The van der Waals surface area contributed by atoms with Crippen molar-refractivity contribution < 1.29 is 41.1 Å². The highest BCUT2D eigenvalue weighted by molar-refractivity contribution is 7.89. The number of benzene rings is 2. The third-order valence-corrected chi connectivity index (χ3v) is 7.21. The van der Waals surface area contributed by atoms with E-state index in [1.165, 1.54) is 61.9 Å². The number of nitrogens with zero attached hydrogens (tertiary/aromatic N) is 2. The molecule has 2 aromatic carbocycles. The van der Waals surface area contributed by atoms with Gasteiger partial charge < -0.3 is 24.0 Å². The topological polar surface area (TPSA) is 166 Å². The number of ether oxygens (including phenoxy) is 1. The van der Waals surface area contributed by atoms with Crippen LogP contribution in [0, 0.1) is 12.7 Å². The molecule has 0 aliphatic heterocycles. The van der Waals surface area contributed by atoms with Gasteiger partial charge in [0.25, 0.3) is 5.91 Å². The number of nitrogens with one attached hydrogen (secondary N) is 2. The summed E-state index contributed by atoms with van der Waals surface area (Å²) in [6.07, 6.45) is 2.70. The number of halogens is 1. The number of carbonyl (C=O) groups excluding carboxylic acids is 1. The second-order valence-electron chi connectivity index (χ2n) is 8.57. The van der Waals surface area contributed by atoms with Crippen molar-refractivity contribution in [2.24, 2.45) is 0 Å². The van der Waals surface area contributed by atoms with E-state index in [9.17, 15) is 27.5 Å². The molecule has 0 fully saturated rings. The van der Waals surface area contributed by atoms with Gasteiger partial charge in [0.1, 0.15) is 22.2 Å². The number of aromatic nitrogens is 2. The van der Waals surface area contributed by atoms with Gasteiger partial charge in [0.15, 0.2) is 11.5 Å². The first-order chi connectivity index (χ1) is 19.6. The van der Waals surface area contributed by atoms with Crippen LogP contribution in [0.3, 0.4) is 0 Å². The van der Waals surface area contributed by atoms with E-state index in [2.05, 4.69) is 15.1 Å². The Morgan fingerprint density at radius 1 is 1.05 bits per heavy atom. The third kappa shape index (κ3) is 5.88. The molecular formula is C27H21FN4O8S. The summed E-state index contributed by atoms with van der Waals surface area (Å²) in [5.41, 5.74) is -0.0900. The predicted octanol–water partition coefficient (Wildman–Crippen LogP) is 4.73. The molecule has 0 aliphatic rings. The molecule has 0 unspecified atom stereocenters. The van der Waals surface area contributed by atoms with Crippen molar-refractivity contribution in [2.75, 3.05) is 5.32 Å². The van der Waals surface area contributed by atoms with Crippen LogP contribution in [0.5, 0.6) is 11.6 Å². The van der Waals surface area contributed by atoms with E-state index in [1.807, 2.05) is 0 Å². The molecular weight excluding hydrogens is 559 g/mol. The molecule has 1 amide bonds. The van der Waals surface area contributed by atoms with Gasteiger partial charge in [-0.15, -0.1) is 0 Å². The smallest absolute Gasteiger partial charge is 0.356 e. The number of aromatic carboxylic acids is 1. The Bertz CT molecular complexity index is 1830. The van der Waals surface area contributed by atoms with E-state index >= 15 is 0 Å². The molecule has 5 aromatic rings. The maximum atomic E-state index is 14.0. The SMILES string of the molecule is Cc1c(C(=O)O)nn(-c2cccc(F)c2)c1Oc1ccc(NC(=O)c2ccco2)cc1S(=O)(=O)NCc1ccco1. The Kier molecular flexibility index (Phi) is 7.42. The monoisotopic (exact) mass is 580 g/mol. The molecule has 210 valence electrons. The average Bonchev–Trinajstić information content (AvgIpc) is 3.71. The molecule has 0 atom stereocenters. The number of carboxylic acids is 1. The number of anilines is 1. The molecule has 0 bridgehead atoms. The maximum Gasteiger partial charge on any atom is 0.356 e. The molecule has 3 N–H and O–H groups in total. The van der Waals surface area contributed by atoms with Crippen molar-refractivity contribution >= 4 is 27.6 Å². The van der Waals surface area contributed by atoms with Crippen LogP contribution in [0.25, 0.3) is 5.69 Å². The van der Waals surface area contributed by atoms with Crippen LogP contribution in [0.4, 0.5) is 10.1 Å². The second kappa shape index (κ2) is 11.1. The minimum atomic E-state index is -4.32. The van der Waals surface area contributed by atoms with Gasteiger partial charge in [-0.2, -0.15) is 9.78 Å². The van der Waals surface area contributed by atoms with Crippen LogP contribution in [-0.4, -0.2) is 35.2 Å². The molecule has 0 saturated carbocycles. The minimum absolute atomic E-state index is 0.00139. The zero-order valence-corrected chi connectivity index (χ0v) is 22.0. The molecule has 3 aromatic heterocycles. The summed E-state index contributed by atoms with van der Waals surface area (Å²) < 4.78 is 60.7. The summed E-state index contributed by atoms with van der Waals surface area (Å²) in [6, 6.07) is 15.2. The van der Waals surface area contributed by atoms with Gasteiger partial charge in [0, 0.05) is 11.3 Å². The molecule has 41 heavy (non-hydrogen) atoms. The highest BCUT2D eigenvalue weighted by atomic mass is 32.2. The fourth-order valence-corrected chi connectivity index (χ4v) is 4.97. The summed E-state index contributed by atoms with van der Waals surface area (Å²) >= 11 is 0. The Morgan fingerprint density at radius 2 is 1.83 bits per heavy atom. The van der Waals surface area contributed by atoms with Gasteiger partial charge in [0.2, 0.25) is 15.9 Å². The summed E-state index contributed by atoms with van der Waals surface area (Å²) in [6.45, 7) is 1.23. The zero-order valence-electron chi connectivity index (χ0n) is 21.2. The maximum absolute atomic E-state index is 14.0. The molecule has 0 radical (unpaired) electrons. The molecule has 0 spiro atoms. The fourth-order valence-electron chi connectivity index (χ4n) is 3.83. The largest absolute Gasteiger partial charge is 0.476 e. The van der Waals surface area contributed by atoms with E-state index in [0.29, 0.717) is 5.76 Å². The Balaban J connectivity index is 1.58. The van der Waals surface area contributed by atoms with Crippen LogP contribution < -0.4 is 14.8 Å². The number of hydrogen-bond acceptors (Lipinski definition) is 8. The van der Waals surface area contributed by atoms with Gasteiger partial charge >= 0.3 is 5.97 Å². The van der Waals surface area contributed by atoms with Crippen molar-refractivity contribution in [3.05, 3.63) is 108 Å². The van der Waals surface area contributed by atoms with Gasteiger partial charge in [-0.25, -0.2) is 22.3 Å². The lowest BCUT2D eigenvalue weighted by atomic mass is 10.2. The summed E-state index contributed by atoms with van der Waals surface area (Å²) in [4.78, 5) is 24.0. The van der Waals surface area contributed by atoms with Crippen LogP contribution in [-0.2, 0) is 16.6 Å². The first-order valence-corrected chi connectivity index (χ1v) is 13.4. The highest BCUT2D eigenvalue weighted by Gasteiger charge is 2.27. The van der Waals surface area contributed by atoms with Crippen LogP contribution in [0.1, 0.15) is 32.4 Å². The lowest BCUT2D eigenvalue weighted by molar-refractivity contribution is 0.0689. The number of carboxylic acid groups (broad SMARTS) is 1. The Labute approximate surface area is 232 Å². The number of amides is 1. The molecule has 0 saturated heterocycles. The van der Waals surface area contributed by atoms with Crippen LogP contribution in [0.2, 0.25) is 0 Å². The Morgan fingerprint density at radius 3 is 2.51 bits per heavy atom. The van der Waals surface area contributed by atoms with Crippen molar-refractivity contribution in [1.82, 2.24) is 14.5 Å². The van der Waals surface area contributed by atoms with Crippen molar-refractivity contribution in [3.8, 4) is 17.3 Å². The average molecular weight is 581 g/mol. The summed E-state index contributed by atoms with van der Waals surface area (Å²) in [5.74, 6) is -2.66. The number of carbonyl (C=O) groups is 2. The molecule has 14 heteroatoms. The lowest BCUT2D eigenvalue weighted by Crippen LogP contribution is -2.24. The number of furan rings is 2. The van der Waals surface area contributed by atoms with Gasteiger partial charge in [-0.1, -0.05) is 6.07 Å². The van der Waals surface area contributed by atoms with E-state index in [0.717, 1.165) is 16.8 Å². The molecule has 3 heterocycles. The van der Waals surface area contributed by atoms with E-state index in [-0.39, 0.29) is 46.6 Å². The second-order valence-corrected chi connectivity index (χ2v) is 10.3. The quantitative estimate of drug-likeness (QED) is 0.212. The van der Waals surface area contributed by atoms with E-state index in [1.54, 1.807) is 12.1 Å². The predicted molar refractivity (Wildman–Crippen MR) is 141 cm³/mol. The van der Waals surface area contributed by atoms with Crippen molar-refractivity contribution in [1.29, 1.82) is 0 Å².